The van der Waals surface area contributed by atoms with E-state index in [1.807, 2.05) is 42.5 Å². The Hall–Kier alpha value is -1.46. The molecular weight excluding hydrogens is 338 g/mol. The van der Waals surface area contributed by atoms with Crippen LogP contribution in [0.1, 0.15) is 0 Å². The molecule has 2 saturated heterocycles. The topological polar surface area (TPSA) is 21.7 Å². The van der Waals surface area contributed by atoms with Gasteiger partial charge in [0.1, 0.15) is 17.6 Å². The van der Waals surface area contributed by atoms with Gasteiger partial charge in [-0.2, -0.15) is 11.8 Å². The summed E-state index contributed by atoms with van der Waals surface area (Å²) in [6.45, 7) is 0.927. The Morgan fingerprint density at radius 3 is 2.42 bits per heavy atom. The summed E-state index contributed by atoms with van der Waals surface area (Å²) < 4.78 is 11.6. The maximum Gasteiger partial charge on any atom is 0.131 e. The molecule has 0 unspecified atom stereocenters. The molecule has 0 saturated carbocycles. The third-order valence-electron chi connectivity index (χ3n) is 4.45. The molecule has 5 heteroatoms. The summed E-state index contributed by atoms with van der Waals surface area (Å²) in [5, 5.41) is 0.983. The van der Waals surface area contributed by atoms with Crippen LogP contribution in [0.15, 0.2) is 54.6 Å². The Kier molecular flexibility index (Phi) is 4.81. The lowest BCUT2D eigenvalue weighted by molar-refractivity contribution is 0.229. The fourth-order valence-corrected chi connectivity index (χ4v) is 6.47. The molecule has 2 aliphatic heterocycles. The van der Waals surface area contributed by atoms with Crippen LogP contribution in [-0.2, 0) is 0 Å². The van der Waals surface area contributed by atoms with Crippen molar-refractivity contribution in [2.45, 2.75) is 16.7 Å². The first-order valence-corrected chi connectivity index (χ1v) is 10.3. The zero-order valence-electron chi connectivity index (χ0n) is 13.6. The van der Waals surface area contributed by atoms with Gasteiger partial charge in [0.15, 0.2) is 0 Å². The van der Waals surface area contributed by atoms with E-state index in [4.69, 9.17) is 9.47 Å². The third kappa shape index (κ3) is 3.20. The molecular formula is C19H21NO2S2. The summed E-state index contributed by atoms with van der Waals surface area (Å²) in [4.78, 5) is 2.49. The second-order valence-corrected chi connectivity index (χ2v) is 8.43. The molecule has 0 aliphatic carbocycles. The number of rotatable bonds is 4. The number of anilines is 1. The van der Waals surface area contributed by atoms with Crippen molar-refractivity contribution in [3.63, 3.8) is 0 Å². The summed E-state index contributed by atoms with van der Waals surface area (Å²) >= 11 is 4.11. The number of hydrogen-bond donors (Lipinski definition) is 0. The molecule has 0 spiro atoms. The average molecular weight is 360 g/mol. The van der Waals surface area contributed by atoms with Crippen molar-refractivity contribution >= 4 is 29.2 Å². The monoisotopic (exact) mass is 359 g/mol. The zero-order valence-corrected chi connectivity index (χ0v) is 15.3. The van der Waals surface area contributed by atoms with Gasteiger partial charge in [0.2, 0.25) is 0 Å². The second-order valence-electron chi connectivity index (χ2n) is 5.92. The SMILES string of the molecule is COc1ccc(N2C[C@@H](Oc3ccccc3)[C@H]3SCCS[C@H]32)cc1. The van der Waals surface area contributed by atoms with Crippen molar-refractivity contribution in [3.05, 3.63) is 54.6 Å². The first-order valence-electron chi connectivity index (χ1n) is 8.21. The first kappa shape index (κ1) is 16.0. The Morgan fingerprint density at radius 2 is 1.67 bits per heavy atom. The summed E-state index contributed by atoms with van der Waals surface area (Å²) in [5.74, 6) is 4.28. The number of hydrogen-bond acceptors (Lipinski definition) is 5. The largest absolute Gasteiger partial charge is 0.497 e. The van der Waals surface area contributed by atoms with Crippen LogP contribution in [0.4, 0.5) is 5.69 Å². The van der Waals surface area contributed by atoms with Crippen LogP contribution in [0.3, 0.4) is 0 Å². The molecule has 4 rings (SSSR count). The average Bonchev–Trinajstić information content (AvgIpc) is 3.01. The fraction of sp³-hybridized carbons (Fsp3) is 0.368. The predicted molar refractivity (Wildman–Crippen MR) is 104 cm³/mol. The maximum atomic E-state index is 6.34. The number of benzene rings is 2. The minimum Gasteiger partial charge on any atom is -0.497 e. The van der Waals surface area contributed by atoms with Crippen LogP contribution in [0.25, 0.3) is 0 Å². The molecule has 126 valence electrons. The summed E-state index contributed by atoms with van der Waals surface area (Å²) in [6, 6.07) is 18.6. The van der Waals surface area contributed by atoms with E-state index < -0.39 is 0 Å². The summed E-state index contributed by atoms with van der Waals surface area (Å²) in [7, 11) is 1.71. The molecule has 2 heterocycles. The zero-order chi connectivity index (χ0) is 16.4. The Labute approximate surface area is 151 Å². The highest BCUT2D eigenvalue weighted by atomic mass is 32.2. The summed E-state index contributed by atoms with van der Waals surface area (Å²) in [5.41, 5.74) is 1.25. The number of methoxy groups -OCH3 is 1. The smallest absolute Gasteiger partial charge is 0.131 e. The number of para-hydroxylation sites is 1. The quantitative estimate of drug-likeness (QED) is 0.816. The van der Waals surface area contributed by atoms with E-state index in [0.29, 0.717) is 10.6 Å². The Bertz CT molecular complexity index is 665. The van der Waals surface area contributed by atoms with Crippen LogP contribution in [0.5, 0.6) is 11.5 Å². The van der Waals surface area contributed by atoms with Crippen molar-refractivity contribution in [3.8, 4) is 11.5 Å². The van der Waals surface area contributed by atoms with Gasteiger partial charge in [0.25, 0.3) is 0 Å². The van der Waals surface area contributed by atoms with Crippen molar-refractivity contribution in [1.29, 1.82) is 0 Å². The molecule has 2 fully saturated rings. The van der Waals surface area contributed by atoms with Crippen LogP contribution < -0.4 is 14.4 Å². The first-order chi connectivity index (χ1) is 11.8. The van der Waals surface area contributed by atoms with Gasteiger partial charge in [-0.1, -0.05) is 18.2 Å². The van der Waals surface area contributed by atoms with E-state index in [2.05, 4.69) is 40.6 Å². The maximum absolute atomic E-state index is 6.34. The van der Waals surface area contributed by atoms with E-state index >= 15 is 0 Å². The van der Waals surface area contributed by atoms with Gasteiger partial charge in [-0.25, -0.2) is 0 Å². The van der Waals surface area contributed by atoms with Crippen molar-refractivity contribution in [2.24, 2.45) is 0 Å². The van der Waals surface area contributed by atoms with Crippen LogP contribution in [0.2, 0.25) is 0 Å². The van der Waals surface area contributed by atoms with Gasteiger partial charge < -0.3 is 14.4 Å². The summed E-state index contributed by atoms with van der Waals surface area (Å²) in [6.07, 6.45) is 0.220. The van der Waals surface area contributed by atoms with E-state index in [0.717, 1.165) is 18.0 Å². The van der Waals surface area contributed by atoms with Gasteiger partial charge in [-0.3, -0.25) is 0 Å². The lowest BCUT2D eigenvalue weighted by Gasteiger charge is -2.32. The molecule has 2 aromatic rings. The van der Waals surface area contributed by atoms with Crippen LogP contribution in [0, 0.1) is 0 Å². The lowest BCUT2D eigenvalue weighted by Crippen LogP contribution is -2.35. The molecule has 2 aromatic carbocycles. The van der Waals surface area contributed by atoms with Crippen molar-refractivity contribution < 1.29 is 9.47 Å². The van der Waals surface area contributed by atoms with Crippen LogP contribution in [-0.4, -0.2) is 41.9 Å². The second kappa shape index (κ2) is 7.19. The molecule has 3 nitrogen and oxygen atoms in total. The minimum absolute atomic E-state index is 0.220. The molecule has 0 aromatic heterocycles. The fourth-order valence-electron chi connectivity index (χ4n) is 3.29. The van der Waals surface area contributed by atoms with E-state index in [9.17, 15) is 0 Å². The number of ether oxygens (including phenoxy) is 2. The molecule has 0 amide bonds. The Balaban J connectivity index is 1.56. The van der Waals surface area contributed by atoms with Gasteiger partial charge in [0.05, 0.1) is 24.3 Å². The molecule has 3 atom stereocenters. The third-order valence-corrected chi connectivity index (χ3v) is 7.59. The standard InChI is InChI=1S/C19H21NO2S2/c1-21-15-9-7-14(8-10-15)20-13-17(18-19(20)24-12-11-23-18)22-16-5-3-2-4-6-16/h2-10,17-19H,11-13H2,1H3/t17-,18-,19-/m1/s1. The molecule has 0 N–H and O–H groups in total. The lowest BCUT2D eigenvalue weighted by atomic mass is 10.3. The molecule has 24 heavy (non-hydrogen) atoms. The van der Waals surface area contributed by atoms with E-state index in [-0.39, 0.29) is 6.10 Å². The van der Waals surface area contributed by atoms with E-state index in [1.165, 1.54) is 17.2 Å². The van der Waals surface area contributed by atoms with Gasteiger partial charge in [-0.15, -0.1) is 11.8 Å². The molecule has 2 aliphatic rings. The van der Waals surface area contributed by atoms with E-state index in [1.54, 1.807) is 7.11 Å². The van der Waals surface area contributed by atoms with Gasteiger partial charge >= 0.3 is 0 Å². The normalized spacial score (nSPS) is 26.0. The van der Waals surface area contributed by atoms with Crippen molar-refractivity contribution in [1.82, 2.24) is 0 Å². The molecule has 0 bridgehead atoms. The minimum atomic E-state index is 0.220. The van der Waals surface area contributed by atoms with Crippen LogP contribution >= 0.6 is 23.5 Å². The predicted octanol–water partition coefficient (Wildman–Crippen LogP) is 4.14. The highest BCUT2D eigenvalue weighted by molar-refractivity contribution is 8.07. The highest BCUT2D eigenvalue weighted by Gasteiger charge is 2.45. The van der Waals surface area contributed by atoms with Crippen molar-refractivity contribution in [2.75, 3.05) is 30.1 Å². The van der Waals surface area contributed by atoms with Gasteiger partial charge in [0, 0.05) is 17.2 Å². The highest BCUT2D eigenvalue weighted by Crippen LogP contribution is 2.43. The number of nitrogens with zero attached hydrogens (tertiary/aromatic N) is 1. The Morgan fingerprint density at radius 1 is 0.917 bits per heavy atom. The molecule has 0 radical (unpaired) electrons. The number of thioether (sulfide) groups is 2. The van der Waals surface area contributed by atoms with Gasteiger partial charge in [-0.05, 0) is 36.4 Å². The number of fused-ring (bicyclic) bond motifs is 1.